The molecule has 2 aromatic carbocycles. The molecule has 104 valence electrons. The zero-order valence-corrected chi connectivity index (χ0v) is 11.0. The third kappa shape index (κ3) is 2.83. The van der Waals surface area contributed by atoms with Crippen LogP contribution in [0.2, 0.25) is 5.02 Å². The van der Waals surface area contributed by atoms with Gasteiger partial charge in [-0.25, -0.2) is 9.18 Å². The summed E-state index contributed by atoms with van der Waals surface area (Å²) in [6, 6.07) is 8.99. The highest BCUT2D eigenvalue weighted by molar-refractivity contribution is 6.30. The molecule has 0 bridgehead atoms. The summed E-state index contributed by atoms with van der Waals surface area (Å²) in [5.74, 6) is -1.89. The minimum absolute atomic E-state index is 0.0451. The summed E-state index contributed by atoms with van der Waals surface area (Å²) in [6.07, 6.45) is 0. The Bertz CT molecular complexity index is 661. The van der Waals surface area contributed by atoms with Gasteiger partial charge in [0.25, 0.3) is 0 Å². The number of rotatable bonds is 4. The van der Waals surface area contributed by atoms with Crippen LogP contribution in [0.4, 0.5) is 10.1 Å². The Morgan fingerprint density at radius 3 is 2.70 bits per heavy atom. The van der Waals surface area contributed by atoms with Crippen molar-refractivity contribution in [2.45, 2.75) is 6.61 Å². The molecule has 0 atom stereocenters. The molecule has 0 saturated heterocycles. The number of nitrogen functional groups attached to an aromatic ring is 1. The number of nitrogens with two attached hydrogens (primary N) is 1. The summed E-state index contributed by atoms with van der Waals surface area (Å²) < 4.78 is 18.9. The maximum Gasteiger partial charge on any atom is 0.338 e. The van der Waals surface area contributed by atoms with Gasteiger partial charge in [-0.1, -0.05) is 29.8 Å². The van der Waals surface area contributed by atoms with Crippen molar-refractivity contribution in [2.24, 2.45) is 0 Å². The second-order valence-electron chi connectivity index (χ2n) is 4.03. The van der Waals surface area contributed by atoms with E-state index in [0.717, 1.165) is 0 Å². The Balaban J connectivity index is 2.26. The average Bonchev–Trinajstić information content (AvgIpc) is 2.40. The van der Waals surface area contributed by atoms with E-state index in [-0.39, 0.29) is 28.6 Å². The number of ether oxygens (including phenoxy) is 1. The van der Waals surface area contributed by atoms with Crippen molar-refractivity contribution in [1.82, 2.24) is 0 Å². The second-order valence-corrected chi connectivity index (χ2v) is 4.43. The minimum Gasteiger partial charge on any atom is -0.486 e. The summed E-state index contributed by atoms with van der Waals surface area (Å²) in [4.78, 5) is 11.1. The fourth-order valence-electron chi connectivity index (χ4n) is 1.75. The lowest BCUT2D eigenvalue weighted by atomic mass is 10.1. The summed E-state index contributed by atoms with van der Waals surface area (Å²) in [5, 5.41) is 9.05. The molecule has 0 aliphatic carbocycles. The molecule has 0 aliphatic heterocycles. The fourth-order valence-corrected chi connectivity index (χ4v) is 1.92. The number of hydrogen-bond acceptors (Lipinski definition) is 3. The zero-order chi connectivity index (χ0) is 14.7. The summed E-state index contributed by atoms with van der Waals surface area (Å²) in [5.41, 5.74) is 6.06. The van der Waals surface area contributed by atoms with Gasteiger partial charge < -0.3 is 15.6 Å². The van der Waals surface area contributed by atoms with E-state index in [4.69, 9.17) is 27.2 Å². The van der Waals surface area contributed by atoms with Gasteiger partial charge in [-0.3, -0.25) is 0 Å². The first-order valence-electron chi connectivity index (χ1n) is 5.68. The minimum atomic E-state index is -1.16. The van der Waals surface area contributed by atoms with Crippen LogP contribution in [-0.4, -0.2) is 11.1 Å². The first-order valence-corrected chi connectivity index (χ1v) is 6.06. The number of hydrogen-bond donors (Lipinski definition) is 2. The molecule has 20 heavy (non-hydrogen) atoms. The van der Waals surface area contributed by atoms with Crippen LogP contribution in [0.1, 0.15) is 15.9 Å². The Morgan fingerprint density at radius 2 is 2.00 bits per heavy atom. The van der Waals surface area contributed by atoms with Crippen molar-refractivity contribution in [3.8, 4) is 5.75 Å². The predicted molar refractivity (Wildman–Crippen MR) is 73.6 cm³/mol. The van der Waals surface area contributed by atoms with Crippen molar-refractivity contribution in [3.63, 3.8) is 0 Å². The van der Waals surface area contributed by atoms with E-state index < -0.39 is 11.8 Å². The molecule has 0 spiro atoms. The number of halogens is 2. The number of aromatic carboxylic acids is 1. The average molecular weight is 296 g/mol. The van der Waals surface area contributed by atoms with Crippen molar-refractivity contribution in [1.29, 1.82) is 0 Å². The highest BCUT2D eigenvalue weighted by atomic mass is 35.5. The molecule has 0 saturated carbocycles. The highest BCUT2D eigenvalue weighted by Gasteiger charge is 2.15. The molecule has 6 heteroatoms. The van der Waals surface area contributed by atoms with Gasteiger partial charge in [-0.05, 0) is 18.2 Å². The van der Waals surface area contributed by atoms with E-state index in [2.05, 4.69) is 0 Å². The largest absolute Gasteiger partial charge is 0.486 e. The van der Waals surface area contributed by atoms with Crippen LogP contribution < -0.4 is 10.5 Å². The molecule has 0 aliphatic rings. The molecule has 2 aromatic rings. The summed E-state index contributed by atoms with van der Waals surface area (Å²) in [7, 11) is 0. The van der Waals surface area contributed by atoms with Gasteiger partial charge in [0.2, 0.25) is 0 Å². The van der Waals surface area contributed by atoms with Crippen LogP contribution >= 0.6 is 11.6 Å². The SMILES string of the molecule is Nc1cccc(COc2cccc(Cl)c2F)c1C(=O)O. The number of anilines is 1. The smallest absolute Gasteiger partial charge is 0.338 e. The molecule has 0 heterocycles. The maximum atomic E-state index is 13.6. The Kier molecular flexibility index (Phi) is 4.10. The lowest BCUT2D eigenvalue weighted by Crippen LogP contribution is -2.09. The third-order valence-electron chi connectivity index (χ3n) is 2.70. The van der Waals surface area contributed by atoms with E-state index in [0.29, 0.717) is 5.56 Å². The molecule has 0 unspecified atom stereocenters. The summed E-state index contributed by atoms with van der Waals surface area (Å²) in [6.45, 7) is -0.121. The van der Waals surface area contributed by atoms with Crippen LogP contribution in [-0.2, 0) is 6.61 Å². The Hall–Kier alpha value is -2.27. The number of benzene rings is 2. The first kappa shape index (κ1) is 14.1. The van der Waals surface area contributed by atoms with Gasteiger partial charge in [0.05, 0.1) is 10.6 Å². The van der Waals surface area contributed by atoms with E-state index in [1.54, 1.807) is 12.1 Å². The quantitative estimate of drug-likeness (QED) is 0.849. The van der Waals surface area contributed by atoms with Crippen LogP contribution in [0.5, 0.6) is 5.75 Å². The highest BCUT2D eigenvalue weighted by Crippen LogP contribution is 2.26. The molecule has 0 radical (unpaired) electrons. The molecular weight excluding hydrogens is 285 g/mol. The second kappa shape index (κ2) is 5.79. The lowest BCUT2D eigenvalue weighted by molar-refractivity contribution is 0.0695. The van der Waals surface area contributed by atoms with Crippen molar-refractivity contribution in [3.05, 3.63) is 58.4 Å². The van der Waals surface area contributed by atoms with Gasteiger partial charge in [-0.15, -0.1) is 0 Å². The van der Waals surface area contributed by atoms with Gasteiger partial charge in [0.1, 0.15) is 6.61 Å². The number of carbonyl (C=O) groups is 1. The topological polar surface area (TPSA) is 72.5 Å². The van der Waals surface area contributed by atoms with E-state index >= 15 is 0 Å². The molecule has 0 aromatic heterocycles. The van der Waals surface area contributed by atoms with Crippen molar-refractivity contribution >= 4 is 23.3 Å². The van der Waals surface area contributed by atoms with Crippen molar-refractivity contribution < 1.29 is 19.0 Å². The maximum absolute atomic E-state index is 13.6. The molecule has 3 N–H and O–H groups in total. The van der Waals surface area contributed by atoms with Crippen LogP contribution in [0.3, 0.4) is 0 Å². The van der Waals surface area contributed by atoms with Crippen molar-refractivity contribution in [2.75, 3.05) is 5.73 Å². The fraction of sp³-hybridized carbons (Fsp3) is 0.0714. The van der Waals surface area contributed by atoms with Crippen LogP contribution in [0.25, 0.3) is 0 Å². The third-order valence-corrected chi connectivity index (χ3v) is 2.99. The predicted octanol–water partition coefficient (Wildman–Crippen LogP) is 3.34. The monoisotopic (exact) mass is 295 g/mol. The Labute approximate surface area is 119 Å². The molecule has 4 nitrogen and oxygen atoms in total. The molecular formula is C14H11ClFNO3. The number of carboxylic acid groups (broad SMARTS) is 1. The number of carboxylic acids is 1. The van der Waals surface area contributed by atoms with E-state index in [1.807, 2.05) is 0 Å². The van der Waals surface area contributed by atoms with Gasteiger partial charge in [0.15, 0.2) is 11.6 Å². The molecule has 2 rings (SSSR count). The van der Waals surface area contributed by atoms with Gasteiger partial charge >= 0.3 is 5.97 Å². The lowest BCUT2D eigenvalue weighted by Gasteiger charge is -2.11. The zero-order valence-electron chi connectivity index (χ0n) is 10.3. The standard InChI is InChI=1S/C14H11ClFNO3/c15-9-4-2-6-11(13(9)16)20-7-8-3-1-5-10(17)12(8)14(18)19/h1-6H,7,17H2,(H,18,19). The normalized spacial score (nSPS) is 10.3. The first-order chi connectivity index (χ1) is 9.50. The summed E-state index contributed by atoms with van der Waals surface area (Å²) >= 11 is 5.63. The molecule has 0 amide bonds. The Morgan fingerprint density at radius 1 is 1.30 bits per heavy atom. The van der Waals surface area contributed by atoms with E-state index in [1.165, 1.54) is 24.3 Å². The van der Waals surface area contributed by atoms with Gasteiger partial charge in [0, 0.05) is 11.3 Å². The van der Waals surface area contributed by atoms with Crippen LogP contribution in [0.15, 0.2) is 36.4 Å². The van der Waals surface area contributed by atoms with E-state index in [9.17, 15) is 9.18 Å². The molecule has 0 fully saturated rings. The van der Waals surface area contributed by atoms with Gasteiger partial charge in [-0.2, -0.15) is 0 Å². The van der Waals surface area contributed by atoms with Crippen LogP contribution in [0, 0.1) is 5.82 Å².